The van der Waals surface area contributed by atoms with E-state index < -0.39 is 5.60 Å². The van der Waals surface area contributed by atoms with Gasteiger partial charge in [0.05, 0.1) is 17.8 Å². The van der Waals surface area contributed by atoms with Crippen molar-refractivity contribution in [3.05, 3.63) is 53.3 Å². The minimum absolute atomic E-state index is 0.0846. The Morgan fingerprint density at radius 2 is 2.00 bits per heavy atom. The molecule has 0 bridgehead atoms. The molecule has 2 aromatic rings. The van der Waals surface area contributed by atoms with Crippen LogP contribution in [-0.2, 0) is 17.4 Å². The molecule has 27 heavy (non-hydrogen) atoms. The van der Waals surface area contributed by atoms with Crippen molar-refractivity contribution < 1.29 is 9.90 Å². The number of amides is 1. The van der Waals surface area contributed by atoms with Crippen molar-refractivity contribution in [2.24, 2.45) is 7.05 Å². The monoisotopic (exact) mass is 369 g/mol. The molecule has 3 N–H and O–H groups in total. The number of carbonyl (C=O) groups excluding carboxylic acids is 1. The van der Waals surface area contributed by atoms with Crippen LogP contribution in [0.3, 0.4) is 0 Å². The summed E-state index contributed by atoms with van der Waals surface area (Å²) in [5.41, 5.74) is 8.65. The summed E-state index contributed by atoms with van der Waals surface area (Å²) in [6.07, 6.45) is 5.62. The predicted octanol–water partition coefficient (Wildman–Crippen LogP) is 1.15. The molecule has 2 unspecified atom stereocenters. The molecular weight excluding hydrogens is 342 g/mol. The smallest absolute Gasteiger partial charge is 0.241 e. The lowest BCUT2D eigenvalue weighted by Crippen LogP contribution is -2.51. The third-order valence-electron chi connectivity index (χ3n) is 5.88. The van der Waals surface area contributed by atoms with Crippen LogP contribution in [0.15, 0.2) is 36.7 Å². The first kappa shape index (κ1) is 18.2. The number of rotatable bonds is 3. The number of nitrogens with one attached hydrogen (secondary N) is 2. The fourth-order valence-electron chi connectivity index (χ4n) is 4.24. The summed E-state index contributed by atoms with van der Waals surface area (Å²) in [4.78, 5) is 14.8. The van der Waals surface area contributed by atoms with Gasteiger partial charge in [-0.05, 0) is 37.3 Å². The first-order valence-electron chi connectivity index (χ1n) is 9.53. The molecule has 0 radical (unpaired) electrons. The summed E-state index contributed by atoms with van der Waals surface area (Å²) in [6.45, 7) is 3.16. The summed E-state index contributed by atoms with van der Waals surface area (Å²) in [7, 11) is 1.89. The molecule has 1 aromatic heterocycles. The van der Waals surface area contributed by atoms with Crippen LogP contribution in [0.5, 0.6) is 0 Å². The van der Waals surface area contributed by atoms with Crippen LogP contribution in [0, 0.1) is 6.92 Å². The summed E-state index contributed by atoms with van der Waals surface area (Å²) in [5, 5.41) is 15.3. The van der Waals surface area contributed by atoms with Crippen LogP contribution in [-0.4, -0.2) is 44.8 Å². The summed E-state index contributed by atoms with van der Waals surface area (Å²) < 4.78 is 1.77. The summed E-state index contributed by atoms with van der Waals surface area (Å²) >= 11 is 0. The average Bonchev–Trinajstić information content (AvgIpc) is 3.31. The standard InChI is InChI=1S/C20H27N5O2/c1-14-5-3-4-6-16(14)20(27)7-9-25(10-8-20)19(26)18-11-17(22-23-18)15-12-21-24(2)13-15/h3-6,12-13,17-18,22-23,27H,7-11H2,1-2H3. The molecule has 2 atom stereocenters. The van der Waals surface area contributed by atoms with Gasteiger partial charge in [-0.2, -0.15) is 5.10 Å². The molecule has 2 fully saturated rings. The Balaban J connectivity index is 1.37. The third kappa shape index (κ3) is 3.50. The molecule has 4 rings (SSSR count). The van der Waals surface area contributed by atoms with E-state index in [2.05, 4.69) is 16.0 Å². The van der Waals surface area contributed by atoms with Crippen LogP contribution in [0.4, 0.5) is 0 Å². The molecule has 2 aliphatic heterocycles. The molecule has 144 valence electrons. The molecule has 1 amide bonds. The number of aryl methyl sites for hydroxylation is 2. The van der Waals surface area contributed by atoms with Gasteiger partial charge in [-0.25, -0.2) is 10.9 Å². The number of carbonyl (C=O) groups is 1. The number of aromatic nitrogens is 2. The SMILES string of the molecule is Cc1ccccc1C1(O)CCN(C(=O)C2CC(c3cnn(C)c3)NN2)CC1. The van der Waals surface area contributed by atoms with Crippen molar-refractivity contribution in [2.75, 3.05) is 13.1 Å². The van der Waals surface area contributed by atoms with Gasteiger partial charge in [0.25, 0.3) is 0 Å². The molecular formula is C20H27N5O2. The number of piperidine rings is 1. The minimum atomic E-state index is -0.846. The lowest BCUT2D eigenvalue weighted by Gasteiger charge is -2.40. The van der Waals surface area contributed by atoms with Crippen LogP contribution in [0.1, 0.15) is 42.0 Å². The van der Waals surface area contributed by atoms with Gasteiger partial charge in [0.1, 0.15) is 6.04 Å². The van der Waals surface area contributed by atoms with Crippen molar-refractivity contribution >= 4 is 5.91 Å². The van der Waals surface area contributed by atoms with Gasteiger partial charge in [0.2, 0.25) is 5.91 Å². The number of benzene rings is 1. The van der Waals surface area contributed by atoms with E-state index in [9.17, 15) is 9.90 Å². The summed E-state index contributed by atoms with van der Waals surface area (Å²) in [5.74, 6) is 0.0979. The molecule has 0 saturated carbocycles. The fraction of sp³-hybridized carbons (Fsp3) is 0.500. The Morgan fingerprint density at radius 3 is 2.67 bits per heavy atom. The highest BCUT2D eigenvalue weighted by Gasteiger charge is 2.39. The lowest BCUT2D eigenvalue weighted by atomic mass is 9.82. The maximum atomic E-state index is 12.9. The van der Waals surface area contributed by atoms with Crippen LogP contribution >= 0.6 is 0 Å². The Bertz CT molecular complexity index is 825. The molecule has 7 heteroatoms. The van der Waals surface area contributed by atoms with Gasteiger partial charge in [-0.3, -0.25) is 9.48 Å². The molecule has 7 nitrogen and oxygen atoms in total. The highest BCUT2D eigenvalue weighted by atomic mass is 16.3. The van der Waals surface area contributed by atoms with Gasteiger partial charge >= 0.3 is 0 Å². The Kier molecular flexibility index (Phi) is 4.75. The number of aliphatic hydroxyl groups is 1. The Hall–Kier alpha value is -2.22. The van der Waals surface area contributed by atoms with E-state index in [0.29, 0.717) is 32.4 Å². The average molecular weight is 369 g/mol. The number of nitrogens with zero attached hydrogens (tertiary/aromatic N) is 3. The van der Waals surface area contributed by atoms with E-state index in [-0.39, 0.29) is 18.0 Å². The molecule has 2 aliphatic rings. The van der Waals surface area contributed by atoms with E-state index in [4.69, 9.17) is 0 Å². The number of hydrogen-bond acceptors (Lipinski definition) is 5. The highest BCUT2D eigenvalue weighted by molar-refractivity contribution is 5.82. The maximum Gasteiger partial charge on any atom is 0.241 e. The normalized spacial score (nSPS) is 24.9. The second-order valence-electron chi connectivity index (χ2n) is 7.75. The zero-order valence-electron chi connectivity index (χ0n) is 15.9. The van der Waals surface area contributed by atoms with Gasteiger partial charge in [-0.1, -0.05) is 24.3 Å². The first-order chi connectivity index (χ1) is 13.0. The van der Waals surface area contributed by atoms with Crippen LogP contribution < -0.4 is 10.9 Å². The third-order valence-corrected chi connectivity index (χ3v) is 5.88. The Morgan fingerprint density at radius 1 is 1.26 bits per heavy atom. The van der Waals surface area contributed by atoms with Gasteiger partial charge < -0.3 is 10.0 Å². The zero-order valence-corrected chi connectivity index (χ0v) is 15.9. The molecule has 3 heterocycles. The number of hydrazine groups is 1. The number of hydrogen-bond donors (Lipinski definition) is 3. The van der Waals surface area contributed by atoms with E-state index >= 15 is 0 Å². The predicted molar refractivity (Wildman–Crippen MR) is 102 cm³/mol. The van der Waals surface area contributed by atoms with Crippen molar-refractivity contribution in [1.82, 2.24) is 25.5 Å². The highest BCUT2D eigenvalue weighted by Crippen LogP contribution is 2.35. The van der Waals surface area contributed by atoms with E-state index in [1.165, 1.54) is 0 Å². The van der Waals surface area contributed by atoms with E-state index in [1.807, 2.05) is 55.5 Å². The molecule has 0 aliphatic carbocycles. The molecule has 1 aromatic carbocycles. The zero-order chi connectivity index (χ0) is 19.0. The largest absolute Gasteiger partial charge is 0.385 e. The Labute approximate surface area is 159 Å². The lowest BCUT2D eigenvalue weighted by molar-refractivity contribution is -0.137. The van der Waals surface area contributed by atoms with Crippen molar-refractivity contribution in [3.8, 4) is 0 Å². The summed E-state index contributed by atoms with van der Waals surface area (Å²) in [6, 6.07) is 7.80. The molecule has 0 spiro atoms. The quantitative estimate of drug-likeness (QED) is 0.756. The minimum Gasteiger partial charge on any atom is -0.385 e. The second-order valence-corrected chi connectivity index (χ2v) is 7.75. The fourth-order valence-corrected chi connectivity index (χ4v) is 4.24. The molecule has 2 saturated heterocycles. The van der Waals surface area contributed by atoms with Crippen LogP contribution in [0.25, 0.3) is 0 Å². The first-order valence-corrected chi connectivity index (χ1v) is 9.53. The topological polar surface area (TPSA) is 82.4 Å². The van der Waals surface area contributed by atoms with Gasteiger partial charge in [-0.15, -0.1) is 0 Å². The van der Waals surface area contributed by atoms with E-state index in [0.717, 1.165) is 16.7 Å². The van der Waals surface area contributed by atoms with Gasteiger partial charge in [0.15, 0.2) is 0 Å². The second kappa shape index (κ2) is 7.07. The maximum absolute atomic E-state index is 12.9. The van der Waals surface area contributed by atoms with Crippen molar-refractivity contribution in [3.63, 3.8) is 0 Å². The van der Waals surface area contributed by atoms with Crippen molar-refractivity contribution in [2.45, 2.75) is 43.9 Å². The number of likely N-dealkylation sites (tertiary alicyclic amines) is 1. The van der Waals surface area contributed by atoms with Crippen molar-refractivity contribution in [1.29, 1.82) is 0 Å². The van der Waals surface area contributed by atoms with Gasteiger partial charge in [0, 0.05) is 31.9 Å². The van der Waals surface area contributed by atoms with Crippen LogP contribution in [0.2, 0.25) is 0 Å². The van der Waals surface area contributed by atoms with E-state index in [1.54, 1.807) is 4.68 Å².